The third kappa shape index (κ3) is 7.89. The molecule has 7 nitrogen and oxygen atoms in total. The van der Waals surface area contributed by atoms with Gasteiger partial charge in [0.05, 0.1) is 23.6 Å². The van der Waals surface area contributed by atoms with Gasteiger partial charge in [0.1, 0.15) is 0 Å². The molecule has 0 radical (unpaired) electrons. The molecule has 0 amide bonds. The van der Waals surface area contributed by atoms with Crippen LogP contribution in [0.5, 0.6) is 0 Å². The van der Waals surface area contributed by atoms with Gasteiger partial charge in [-0.3, -0.25) is 9.80 Å². The molecule has 4 aromatic rings. The smallest absolute Gasteiger partial charge is 0.268 e. The number of ether oxygens (including phenoxy) is 1. The molecule has 0 N–H and O–H groups in total. The van der Waals surface area contributed by atoms with Gasteiger partial charge >= 0.3 is 0 Å². The second-order valence-corrected chi connectivity index (χ2v) is 13.2. The summed E-state index contributed by atoms with van der Waals surface area (Å²) in [6, 6.07) is 20.1. The highest BCUT2D eigenvalue weighted by Gasteiger charge is 2.23. The molecule has 0 atom stereocenters. The summed E-state index contributed by atoms with van der Waals surface area (Å²) in [5.74, 6) is -0.495. The van der Waals surface area contributed by atoms with Gasteiger partial charge in [0.15, 0.2) is 0 Å². The summed E-state index contributed by atoms with van der Waals surface area (Å²) in [7, 11) is -3.79. The maximum atomic E-state index is 14.6. The van der Waals surface area contributed by atoms with Crippen LogP contribution in [0.2, 0.25) is 0 Å². The fraction of sp³-hybridized carbons (Fsp3) is 0.441. The summed E-state index contributed by atoms with van der Waals surface area (Å²) in [4.78, 5) is 8.76. The predicted molar refractivity (Wildman–Crippen MR) is 169 cm³/mol. The molecule has 2 aromatic heterocycles. The van der Waals surface area contributed by atoms with Gasteiger partial charge in [-0.1, -0.05) is 68.7 Å². The van der Waals surface area contributed by atoms with Crippen molar-refractivity contribution in [1.82, 2.24) is 18.8 Å². The number of halogens is 1. The van der Waals surface area contributed by atoms with Crippen molar-refractivity contribution in [3.05, 3.63) is 96.2 Å². The topological polar surface area (TPSA) is 67.7 Å². The van der Waals surface area contributed by atoms with Crippen LogP contribution >= 0.6 is 0 Å². The van der Waals surface area contributed by atoms with E-state index >= 15 is 0 Å². The Balaban J connectivity index is 1.31. The Bertz CT molecular complexity index is 1550. The summed E-state index contributed by atoms with van der Waals surface area (Å²) in [6.45, 7) is 6.72. The average Bonchev–Trinajstić information content (AvgIpc) is 3.41. The van der Waals surface area contributed by atoms with Crippen molar-refractivity contribution < 1.29 is 17.5 Å². The maximum Gasteiger partial charge on any atom is 0.268 e. The highest BCUT2D eigenvalue weighted by atomic mass is 32.2. The van der Waals surface area contributed by atoms with Crippen LogP contribution in [0.4, 0.5) is 4.39 Å². The van der Waals surface area contributed by atoms with Gasteiger partial charge in [0.2, 0.25) is 5.95 Å². The molecule has 9 heteroatoms. The Morgan fingerprint density at radius 3 is 2.37 bits per heavy atom. The second-order valence-electron chi connectivity index (χ2n) is 11.4. The summed E-state index contributed by atoms with van der Waals surface area (Å²) in [5.41, 5.74) is 1.96. The Morgan fingerprint density at radius 1 is 0.884 bits per heavy atom. The fourth-order valence-corrected chi connectivity index (χ4v) is 7.58. The van der Waals surface area contributed by atoms with E-state index < -0.39 is 16.0 Å². The van der Waals surface area contributed by atoms with Gasteiger partial charge in [-0.05, 0) is 55.6 Å². The summed E-state index contributed by atoms with van der Waals surface area (Å²) < 4.78 is 49.3. The van der Waals surface area contributed by atoms with Gasteiger partial charge in [0.25, 0.3) is 10.0 Å². The Hall–Kier alpha value is -3.11. The van der Waals surface area contributed by atoms with E-state index in [1.54, 1.807) is 48.7 Å². The lowest BCUT2D eigenvalue weighted by Crippen LogP contribution is -2.39. The molecular weight excluding hydrogens is 563 g/mol. The van der Waals surface area contributed by atoms with E-state index in [0.29, 0.717) is 50.0 Å². The molecule has 0 bridgehead atoms. The Labute approximate surface area is 255 Å². The van der Waals surface area contributed by atoms with Gasteiger partial charge in [-0.2, -0.15) is 4.39 Å². The Kier molecular flexibility index (Phi) is 11.0. The second kappa shape index (κ2) is 15.1. The van der Waals surface area contributed by atoms with Crippen LogP contribution in [0, 0.1) is 5.95 Å². The molecule has 1 fully saturated rings. The molecular formula is C34H43FN4O3S. The molecule has 1 aliphatic carbocycles. The van der Waals surface area contributed by atoms with Crippen LogP contribution in [0.25, 0.3) is 10.9 Å². The molecule has 1 aliphatic rings. The third-order valence-corrected chi connectivity index (χ3v) is 10.0. The first-order valence-electron chi connectivity index (χ1n) is 15.5. The molecule has 1 saturated carbocycles. The first-order valence-corrected chi connectivity index (χ1v) is 16.9. The van der Waals surface area contributed by atoms with E-state index in [1.807, 2.05) is 24.3 Å². The van der Waals surface area contributed by atoms with Crippen molar-refractivity contribution in [2.45, 2.75) is 69.5 Å². The number of nitrogens with zero attached hydrogens (tertiary/aromatic N) is 4. The van der Waals surface area contributed by atoms with Gasteiger partial charge in [-0.15, -0.1) is 0 Å². The number of para-hydroxylation sites is 1. The van der Waals surface area contributed by atoms with Crippen molar-refractivity contribution >= 4 is 20.9 Å². The molecule has 2 aromatic carbocycles. The zero-order valence-electron chi connectivity index (χ0n) is 25.1. The summed E-state index contributed by atoms with van der Waals surface area (Å²) in [5, 5.41) is 0.849. The largest absolute Gasteiger partial charge is 0.379 e. The molecule has 230 valence electrons. The van der Waals surface area contributed by atoms with E-state index in [4.69, 9.17) is 4.74 Å². The molecule has 0 spiro atoms. The van der Waals surface area contributed by atoms with E-state index in [0.717, 1.165) is 30.5 Å². The average molecular weight is 607 g/mol. The minimum Gasteiger partial charge on any atom is -0.379 e. The minimum absolute atomic E-state index is 0.232. The lowest BCUT2D eigenvalue weighted by molar-refractivity contribution is 0.0608. The number of hydrogen-bond acceptors (Lipinski definition) is 6. The van der Waals surface area contributed by atoms with Gasteiger partial charge in [0, 0.05) is 55.6 Å². The van der Waals surface area contributed by atoms with Crippen molar-refractivity contribution in [3.8, 4) is 0 Å². The van der Waals surface area contributed by atoms with Crippen LogP contribution in [0.3, 0.4) is 0 Å². The van der Waals surface area contributed by atoms with Crippen molar-refractivity contribution in [2.24, 2.45) is 0 Å². The van der Waals surface area contributed by atoms with E-state index in [1.165, 1.54) is 42.3 Å². The van der Waals surface area contributed by atoms with Crippen molar-refractivity contribution in [3.63, 3.8) is 0 Å². The number of aromatic nitrogens is 2. The maximum absolute atomic E-state index is 14.6. The van der Waals surface area contributed by atoms with Crippen molar-refractivity contribution in [2.75, 3.05) is 32.8 Å². The normalized spacial score (nSPS) is 14.7. The third-order valence-electron chi connectivity index (χ3n) is 8.36. The first kappa shape index (κ1) is 31.3. The highest BCUT2D eigenvalue weighted by Crippen LogP contribution is 2.28. The monoisotopic (exact) mass is 606 g/mol. The molecule has 0 saturated heterocycles. The molecule has 43 heavy (non-hydrogen) atoms. The Morgan fingerprint density at radius 2 is 1.60 bits per heavy atom. The SMILES string of the molecule is CCCN(CCOCCN(Cc1cccnc1F)Cc1cn(S(=O)(=O)c2ccccc2)c2ccccc12)C1CCCCC1. The van der Waals surface area contributed by atoms with E-state index in [9.17, 15) is 12.8 Å². The van der Waals surface area contributed by atoms with Gasteiger partial charge < -0.3 is 4.74 Å². The summed E-state index contributed by atoms with van der Waals surface area (Å²) in [6.07, 6.45) is 10.8. The number of fused-ring (bicyclic) bond motifs is 1. The van der Waals surface area contributed by atoms with Crippen LogP contribution in [-0.2, 0) is 27.8 Å². The molecule has 2 heterocycles. The summed E-state index contributed by atoms with van der Waals surface area (Å²) >= 11 is 0. The van der Waals surface area contributed by atoms with Crippen LogP contribution in [0.15, 0.2) is 84.0 Å². The lowest BCUT2D eigenvalue weighted by atomic mass is 9.94. The number of rotatable bonds is 15. The standard InChI is InChI=1S/C34H43FN4O3S/c1-2-20-38(30-13-5-3-6-14-30)22-24-42-23-21-37(25-28-12-11-19-36-34(28)35)26-29-27-39(33-18-10-9-17-32(29)33)43(40,41)31-15-7-4-8-16-31/h4,7-12,15-19,27,30H,2-3,5-6,13-14,20-26H2,1H3. The van der Waals surface area contributed by atoms with E-state index in [-0.39, 0.29) is 4.90 Å². The lowest BCUT2D eigenvalue weighted by Gasteiger charge is -2.34. The zero-order chi connectivity index (χ0) is 30.1. The fourth-order valence-electron chi connectivity index (χ4n) is 6.17. The van der Waals surface area contributed by atoms with Gasteiger partial charge in [-0.25, -0.2) is 17.4 Å². The van der Waals surface area contributed by atoms with E-state index in [2.05, 4.69) is 21.7 Å². The number of benzene rings is 2. The minimum atomic E-state index is -3.79. The number of pyridine rings is 1. The quantitative estimate of drug-likeness (QED) is 0.114. The first-order chi connectivity index (χ1) is 21.0. The molecule has 0 unspecified atom stereocenters. The van der Waals surface area contributed by atoms with Crippen LogP contribution in [0.1, 0.15) is 56.6 Å². The predicted octanol–water partition coefficient (Wildman–Crippen LogP) is 6.48. The van der Waals surface area contributed by atoms with Crippen LogP contribution < -0.4 is 0 Å². The molecule has 5 rings (SSSR count). The number of hydrogen-bond donors (Lipinski definition) is 0. The zero-order valence-corrected chi connectivity index (χ0v) is 25.9. The molecule has 0 aliphatic heterocycles. The van der Waals surface area contributed by atoms with Crippen molar-refractivity contribution in [1.29, 1.82) is 0 Å². The van der Waals surface area contributed by atoms with Crippen LogP contribution in [-0.4, -0.2) is 66.1 Å². The highest BCUT2D eigenvalue weighted by molar-refractivity contribution is 7.90.